The fourth-order valence-electron chi connectivity index (χ4n) is 1.87. The molecule has 2 N–H and O–H groups in total. The maximum absolute atomic E-state index is 11.1. The van der Waals surface area contributed by atoms with Crippen LogP contribution in [0.2, 0.25) is 0 Å². The minimum absolute atomic E-state index is 0.100. The Morgan fingerprint density at radius 3 is 2.73 bits per heavy atom. The summed E-state index contributed by atoms with van der Waals surface area (Å²) in [5.41, 5.74) is 0. The van der Waals surface area contributed by atoms with Crippen molar-refractivity contribution in [3.8, 4) is 0 Å². The van der Waals surface area contributed by atoms with E-state index in [1.54, 1.807) is 0 Å². The molecule has 4 heteroatoms. The van der Waals surface area contributed by atoms with Crippen LogP contribution in [0.4, 0.5) is 4.79 Å². The molecule has 0 aliphatic heterocycles. The summed E-state index contributed by atoms with van der Waals surface area (Å²) in [6.45, 7) is 1.13. The molecular weight excluding hydrogens is 194 g/mol. The van der Waals surface area contributed by atoms with Crippen LogP contribution in [0.1, 0.15) is 38.5 Å². The van der Waals surface area contributed by atoms with Gasteiger partial charge in [0.05, 0.1) is 6.61 Å². The molecule has 0 saturated heterocycles. The highest BCUT2D eigenvalue weighted by atomic mass is 16.5. The standard InChI is InChI=1S/C11H21NO3/c13-8-4-7-12-11(14)15-9-10-5-2-1-3-6-10/h10,13H,1-9H2,(H,12,14). The van der Waals surface area contributed by atoms with Crippen molar-refractivity contribution in [3.63, 3.8) is 0 Å². The van der Waals surface area contributed by atoms with Gasteiger partial charge < -0.3 is 15.2 Å². The SMILES string of the molecule is O=C(NCCCO)OCC1CCCCC1. The van der Waals surface area contributed by atoms with E-state index in [4.69, 9.17) is 9.84 Å². The first-order chi connectivity index (χ1) is 7.33. The van der Waals surface area contributed by atoms with Crippen molar-refractivity contribution in [1.82, 2.24) is 5.32 Å². The molecule has 1 amide bonds. The Labute approximate surface area is 91.0 Å². The van der Waals surface area contributed by atoms with Gasteiger partial charge in [-0.2, -0.15) is 0 Å². The molecule has 0 unspecified atom stereocenters. The normalized spacial score (nSPS) is 17.4. The zero-order valence-corrected chi connectivity index (χ0v) is 9.21. The van der Waals surface area contributed by atoms with Crippen LogP contribution in [0.3, 0.4) is 0 Å². The van der Waals surface area contributed by atoms with Crippen LogP contribution in [-0.4, -0.2) is 31.0 Å². The molecule has 4 nitrogen and oxygen atoms in total. The molecule has 0 bridgehead atoms. The van der Waals surface area contributed by atoms with Gasteiger partial charge in [0.2, 0.25) is 0 Å². The molecule has 0 aromatic carbocycles. The predicted octanol–water partition coefficient (Wildman–Crippen LogP) is 1.68. The molecule has 88 valence electrons. The van der Waals surface area contributed by atoms with Gasteiger partial charge in [0.25, 0.3) is 0 Å². The van der Waals surface area contributed by atoms with Gasteiger partial charge in [0.15, 0.2) is 0 Å². The average Bonchev–Trinajstić information content (AvgIpc) is 2.28. The second-order valence-electron chi connectivity index (χ2n) is 4.11. The van der Waals surface area contributed by atoms with Gasteiger partial charge in [-0.3, -0.25) is 0 Å². The van der Waals surface area contributed by atoms with Crippen molar-refractivity contribution >= 4 is 6.09 Å². The number of alkyl carbamates (subject to hydrolysis) is 1. The van der Waals surface area contributed by atoms with E-state index >= 15 is 0 Å². The van der Waals surface area contributed by atoms with Crippen molar-refractivity contribution in [1.29, 1.82) is 0 Å². The molecule has 0 atom stereocenters. The van der Waals surface area contributed by atoms with Gasteiger partial charge in [0, 0.05) is 13.2 Å². The summed E-state index contributed by atoms with van der Waals surface area (Å²) in [6, 6.07) is 0. The number of nitrogens with one attached hydrogen (secondary N) is 1. The van der Waals surface area contributed by atoms with E-state index in [9.17, 15) is 4.79 Å². The van der Waals surface area contributed by atoms with Crippen molar-refractivity contribution in [2.75, 3.05) is 19.8 Å². The Morgan fingerprint density at radius 1 is 1.33 bits per heavy atom. The third-order valence-electron chi connectivity index (χ3n) is 2.78. The third-order valence-corrected chi connectivity index (χ3v) is 2.78. The molecule has 1 saturated carbocycles. The number of ether oxygens (including phenoxy) is 1. The quantitative estimate of drug-likeness (QED) is 0.686. The zero-order valence-electron chi connectivity index (χ0n) is 9.21. The Balaban J connectivity index is 2.00. The van der Waals surface area contributed by atoms with Gasteiger partial charge in [-0.15, -0.1) is 0 Å². The van der Waals surface area contributed by atoms with Gasteiger partial charge in [-0.25, -0.2) is 4.79 Å². The highest BCUT2D eigenvalue weighted by Gasteiger charge is 2.15. The van der Waals surface area contributed by atoms with Crippen LogP contribution in [0.15, 0.2) is 0 Å². The maximum Gasteiger partial charge on any atom is 0.407 e. The Hall–Kier alpha value is -0.770. The maximum atomic E-state index is 11.1. The highest BCUT2D eigenvalue weighted by molar-refractivity contribution is 5.66. The number of hydrogen-bond acceptors (Lipinski definition) is 3. The second-order valence-corrected chi connectivity index (χ2v) is 4.11. The Kier molecular flexibility index (Phi) is 6.16. The summed E-state index contributed by atoms with van der Waals surface area (Å²) in [7, 11) is 0. The van der Waals surface area contributed by atoms with Crippen LogP contribution in [0, 0.1) is 5.92 Å². The van der Waals surface area contributed by atoms with Crippen LogP contribution in [0.25, 0.3) is 0 Å². The predicted molar refractivity (Wildman–Crippen MR) is 57.6 cm³/mol. The number of aliphatic hydroxyl groups is 1. The summed E-state index contributed by atoms with van der Waals surface area (Å²) in [5.74, 6) is 0.558. The summed E-state index contributed by atoms with van der Waals surface area (Å²) in [6.07, 6.45) is 6.44. The van der Waals surface area contributed by atoms with E-state index in [0.29, 0.717) is 25.5 Å². The monoisotopic (exact) mass is 215 g/mol. The van der Waals surface area contributed by atoms with Gasteiger partial charge in [0.1, 0.15) is 0 Å². The lowest BCUT2D eigenvalue weighted by Gasteiger charge is -2.21. The zero-order chi connectivity index (χ0) is 10.9. The first-order valence-corrected chi connectivity index (χ1v) is 5.84. The van der Waals surface area contributed by atoms with Gasteiger partial charge in [-0.1, -0.05) is 19.3 Å². The molecular formula is C11H21NO3. The van der Waals surface area contributed by atoms with E-state index < -0.39 is 0 Å². The molecule has 15 heavy (non-hydrogen) atoms. The van der Waals surface area contributed by atoms with Crippen LogP contribution in [0.5, 0.6) is 0 Å². The van der Waals surface area contributed by atoms with E-state index in [0.717, 1.165) is 0 Å². The van der Waals surface area contributed by atoms with Crippen molar-refractivity contribution in [2.24, 2.45) is 5.92 Å². The van der Waals surface area contributed by atoms with Crippen LogP contribution < -0.4 is 5.32 Å². The first kappa shape index (κ1) is 12.3. The minimum Gasteiger partial charge on any atom is -0.449 e. The van der Waals surface area contributed by atoms with Crippen molar-refractivity contribution < 1.29 is 14.6 Å². The first-order valence-electron chi connectivity index (χ1n) is 5.84. The number of rotatable bonds is 5. The lowest BCUT2D eigenvalue weighted by atomic mass is 9.90. The molecule has 0 aromatic heterocycles. The number of hydrogen-bond donors (Lipinski definition) is 2. The van der Waals surface area contributed by atoms with E-state index in [2.05, 4.69) is 5.32 Å². The van der Waals surface area contributed by atoms with Gasteiger partial charge in [-0.05, 0) is 25.2 Å². The fraction of sp³-hybridized carbons (Fsp3) is 0.909. The highest BCUT2D eigenvalue weighted by Crippen LogP contribution is 2.23. The minimum atomic E-state index is -0.353. The molecule has 1 rings (SSSR count). The fourth-order valence-corrected chi connectivity index (χ4v) is 1.87. The van der Waals surface area contributed by atoms with E-state index in [1.807, 2.05) is 0 Å². The van der Waals surface area contributed by atoms with E-state index in [1.165, 1.54) is 32.1 Å². The second kappa shape index (κ2) is 7.51. The summed E-state index contributed by atoms with van der Waals surface area (Å²) < 4.78 is 5.10. The summed E-state index contributed by atoms with van der Waals surface area (Å²) >= 11 is 0. The average molecular weight is 215 g/mol. The molecule has 0 heterocycles. The number of aliphatic hydroxyl groups excluding tert-OH is 1. The molecule has 0 radical (unpaired) electrons. The summed E-state index contributed by atoms with van der Waals surface area (Å²) in [5, 5.41) is 11.1. The molecule has 1 fully saturated rings. The summed E-state index contributed by atoms with van der Waals surface area (Å²) in [4.78, 5) is 11.1. The Morgan fingerprint density at radius 2 is 2.07 bits per heavy atom. The topological polar surface area (TPSA) is 58.6 Å². The lowest BCUT2D eigenvalue weighted by Crippen LogP contribution is -2.28. The largest absolute Gasteiger partial charge is 0.449 e. The van der Waals surface area contributed by atoms with Crippen LogP contribution >= 0.6 is 0 Å². The van der Waals surface area contributed by atoms with E-state index in [-0.39, 0.29) is 12.7 Å². The van der Waals surface area contributed by atoms with Crippen molar-refractivity contribution in [2.45, 2.75) is 38.5 Å². The lowest BCUT2D eigenvalue weighted by molar-refractivity contribution is 0.115. The smallest absolute Gasteiger partial charge is 0.407 e. The molecule has 1 aliphatic rings. The van der Waals surface area contributed by atoms with Crippen molar-refractivity contribution in [3.05, 3.63) is 0 Å². The molecule has 0 spiro atoms. The molecule has 1 aliphatic carbocycles. The number of amides is 1. The number of carbonyl (C=O) groups is 1. The Bertz CT molecular complexity index is 179. The van der Waals surface area contributed by atoms with Gasteiger partial charge >= 0.3 is 6.09 Å². The third kappa shape index (κ3) is 5.62. The van der Waals surface area contributed by atoms with Crippen LogP contribution in [-0.2, 0) is 4.74 Å². The number of carbonyl (C=O) groups excluding carboxylic acids is 1. The molecule has 0 aromatic rings.